The van der Waals surface area contributed by atoms with E-state index in [0.29, 0.717) is 17.3 Å². The second-order valence-electron chi connectivity index (χ2n) is 11.4. The predicted molar refractivity (Wildman–Crippen MR) is 116 cm³/mol. The zero-order valence-corrected chi connectivity index (χ0v) is 19.1. The van der Waals surface area contributed by atoms with Gasteiger partial charge in [0.05, 0.1) is 12.2 Å². The summed E-state index contributed by atoms with van der Waals surface area (Å²) in [7, 11) is 0. The third-order valence-electron chi connectivity index (χ3n) is 9.57. The van der Waals surface area contributed by atoms with Crippen LogP contribution in [-0.4, -0.2) is 23.3 Å². The van der Waals surface area contributed by atoms with Gasteiger partial charge in [-0.15, -0.1) is 0 Å². The van der Waals surface area contributed by atoms with Crippen LogP contribution in [0.2, 0.25) is 0 Å². The van der Waals surface area contributed by atoms with E-state index in [0.717, 1.165) is 42.9 Å². The Balaban J connectivity index is 1.41. The SMILES string of the molecule is CC(C)OC(=O)CCCC1CCC2C3CC=C4CC(O)CCC4(C)C3CCC12C. The smallest absolute Gasteiger partial charge is 0.306 e. The Morgan fingerprint density at radius 2 is 1.97 bits per heavy atom. The van der Waals surface area contributed by atoms with Gasteiger partial charge >= 0.3 is 5.97 Å². The van der Waals surface area contributed by atoms with Crippen molar-refractivity contribution in [3.63, 3.8) is 0 Å². The lowest BCUT2D eigenvalue weighted by Gasteiger charge is -2.58. The first kappa shape index (κ1) is 21.4. The average Bonchev–Trinajstić information content (AvgIpc) is 2.98. The average molecular weight is 403 g/mol. The fourth-order valence-corrected chi connectivity index (χ4v) is 8.04. The van der Waals surface area contributed by atoms with E-state index in [1.54, 1.807) is 5.57 Å². The molecular weight excluding hydrogens is 360 g/mol. The highest BCUT2D eigenvalue weighted by Gasteiger charge is 2.58. The molecule has 0 aromatic heterocycles. The summed E-state index contributed by atoms with van der Waals surface area (Å²) in [5.41, 5.74) is 2.36. The number of carbonyl (C=O) groups excluding carboxylic acids is 1. The largest absolute Gasteiger partial charge is 0.463 e. The van der Waals surface area contributed by atoms with Crippen molar-refractivity contribution in [1.82, 2.24) is 0 Å². The van der Waals surface area contributed by atoms with Crippen molar-refractivity contribution in [2.24, 2.45) is 34.5 Å². The van der Waals surface area contributed by atoms with Crippen LogP contribution in [0.3, 0.4) is 0 Å². The van der Waals surface area contributed by atoms with Crippen molar-refractivity contribution in [1.29, 1.82) is 0 Å². The lowest BCUT2D eigenvalue weighted by atomic mass is 9.47. The Morgan fingerprint density at radius 1 is 1.17 bits per heavy atom. The first-order valence-corrected chi connectivity index (χ1v) is 12.3. The molecule has 0 amide bonds. The highest BCUT2D eigenvalue weighted by Crippen LogP contribution is 2.66. The van der Waals surface area contributed by atoms with Gasteiger partial charge in [0.25, 0.3) is 0 Å². The van der Waals surface area contributed by atoms with E-state index >= 15 is 0 Å². The van der Waals surface area contributed by atoms with E-state index < -0.39 is 0 Å². The van der Waals surface area contributed by atoms with Crippen molar-refractivity contribution < 1.29 is 14.6 Å². The summed E-state index contributed by atoms with van der Waals surface area (Å²) in [4.78, 5) is 11.9. The number of esters is 1. The molecule has 164 valence electrons. The van der Waals surface area contributed by atoms with E-state index in [1.807, 2.05) is 13.8 Å². The molecule has 3 nitrogen and oxygen atoms in total. The fourth-order valence-electron chi connectivity index (χ4n) is 8.04. The molecule has 4 rings (SSSR count). The van der Waals surface area contributed by atoms with Gasteiger partial charge in [-0.3, -0.25) is 4.79 Å². The minimum atomic E-state index is -0.113. The summed E-state index contributed by atoms with van der Waals surface area (Å²) < 4.78 is 5.32. The topological polar surface area (TPSA) is 46.5 Å². The minimum absolute atomic E-state index is 0.00216. The Morgan fingerprint density at radius 3 is 2.72 bits per heavy atom. The molecule has 0 aromatic rings. The summed E-state index contributed by atoms with van der Waals surface area (Å²) in [5.74, 6) is 3.23. The van der Waals surface area contributed by atoms with Gasteiger partial charge in [0.15, 0.2) is 0 Å². The summed E-state index contributed by atoms with van der Waals surface area (Å²) in [6, 6.07) is 0. The third-order valence-corrected chi connectivity index (χ3v) is 9.57. The Labute approximate surface area is 177 Å². The molecule has 0 aliphatic heterocycles. The molecule has 0 aromatic carbocycles. The first-order valence-electron chi connectivity index (χ1n) is 12.3. The maximum Gasteiger partial charge on any atom is 0.306 e. The monoisotopic (exact) mass is 402 g/mol. The van der Waals surface area contributed by atoms with E-state index in [4.69, 9.17) is 4.74 Å². The Kier molecular flexibility index (Phi) is 5.92. The van der Waals surface area contributed by atoms with Gasteiger partial charge in [-0.25, -0.2) is 0 Å². The van der Waals surface area contributed by atoms with Crippen LogP contribution in [0.4, 0.5) is 0 Å². The molecule has 0 heterocycles. The molecule has 3 saturated carbocycles. The maximum atomic E-state index is 11.9. The summed E-state index contributed by atoms with van der Waals surface area (Å²) in [5, 5.41) is 10.2. The molecule has 0 saturated heterocycles. The minimum Gasteiger partial charge on any atom is -0.463 e. The quantitative estimate of drug-likeness (QED) is 0.450. The van der Waals surface area contributed by atoms with Crippen LogP contribution in [0, 0.1) is 34.5 Å². The number of aliphatic hydroxyl groups is 1. The van der Waals surface area contributed by atoms with E-state index in [-0.39, 0.29) is 18.2 Å². The highest BCUT2D eigenvalue weighted by atomic mass is 16.5. The van der Waals surface area contributed by atoms with E-state index in [1.165, 1.54) is 44.9 Å². The van der Waals surface area contributed by atoms with Crippen molar-refractivity contribution in [2.45, 2.75) is 111 Å². The van der Waals surface area contributed by atoms with Gasteiger partial charge in [-0.1, -0.05) is 25.5 Å². The number of ether oxygens (including phenoxy) is 1. The van der Waals surface area contributed by atoms with Crippen LogP contribution in [0.1, 0.15) is 98.3 Å². The molecule has 7 unspecified atom stereocenters. The lowest BCUT2D eigenvalue weighted by Crippen LogP contribution is -2.50. The zero-order valence-electron chi connectivity index (χ0n) is 19.1. The molecule has 7 atom stereocenters. The number of allylic oxidation sites excluding steroid dienone is 1. The van der Waals surface area contributed by atoms with E-state index in [2.05, 4.69) is 19.9 Å². The van der Waals surface area contributed by atoms with Gasteiger partial charge in [0, 0.05) is 6.42 Å². The molecule has 4 aliphatic carbocycles. The summed E-state index contributed by atoms with van der Waals surface area (Å²) >= 11 is 0. The zero-order chi connectivity index (χ0) is 20.8. The number of hydrogen-bond acceptors (Lipinski definition) is 3. The number of carbonyl (C=O) groups is 1. The molecule has 1 N–H and O–H groups in total. The standard InChI is InChI=1S/C26H42O3/c1-17(2)29-24(28)7-5-6-18-9-11-22-21-10-8-19-16-20(27)12-14-26(19,4)23(21)13-15-25(18,22)3/h8,17-18,20-23,27H,5-7,9-16H2,1-4H3. The number of aliphatic hydroxyl groups excluding tert-OH is 1. The van der Waals surface area contributed by atoms with Crippen molar-refractivity contribution >= 4 is 5.97 Å². The number of fused-ring (bicyclic) bond motifs is 5. The molecular formula is C26H42O3. The van der Waals surface area contributed by atoms with Crippen LogP contribution in [0.15, 0.2) is 11.6 Å². The predicted octanol–water partition coefficient (Wildman–Crippen LogP) is 6.05. The molecule has 3 heteroatoms. The Bertz CT molecular complexity index is 652. The van der Waals surface area contributed by atoms with Crippen molar-refractivity contribution in [3.05, 3.63) is 11.6 Å². The first-order chi connectivity index (χ1) is 13.7. The normalized spacial score (nSPS) is 43.9. The van der Waals surface area contributed by atoms with Crippen molar-refractivity contribution in [3.8, 4) is 0 Å². The molecule has 0 spiro atoms. The molecule has 4 aliphatic rings. The van der Waals surface area contributed by atoms with Gasteiger partial charge in [-0.2, -0.15) is 0 Å². The number of hydrogen-bond donors (Lipinski definition) is 1. The molecule has 0 radical (unpaired) electrons. The van der Waals surface area contributed by atoms with Gasteiger partial charge in [0.2, 0.25) is 0 Å². The second kappa shape index (κ2) is 8.02. The lowest BCUT2D eigenvalue weighted by molar-refractivity contribution is -0.147. The van der Waals surface area contributed by atoms with Crippen molar-refractivity contribution in [2.75, 3.05) is 0 Å². The van der Waals surface area contributed by atoms with Crippen LogP contribution >= 0.6 is 0 Å². The van der Waals surface area contributed by atoms with Gasteiger partial charge < -0.3 is 9.84 Å². The number of rotatable bonds is 5. The molecule has 0 bridgehead atoms. The van der Waals surface area contributed by atoms with Gasteiger partial charge in [-0.05, 0) is 113 Å². The molecule has 29 heavy (non-hydrogen) atoms. The third kappa shape index (κ3) is 3.82. The van der Waals surface area contributed by atoms with Crippen LogP contribution in [0.5, 0.6) is 0 Å². The summed E-state index contributed by atoms with van der Waals surface area (Å²) in [6.45, 7) is 8.94. The maximum absolute atomic E-state index is 11.9. The van der Waals surface area contributed by atoms with Crippen LogP contribution in [0.25, 0.3) is 0 Å². The Hall–Kier alpha value is -0.830. The van der Waals surface area contributed by atoms with E-state index in [9.17, 15) is 9.90 Å². The fraction of sp³-hybridized carbons (Fsp3) is 0.885. The second-order valence-corrected chi connectivity index (χ2v) is 11.4. The highest BCUT2D eigenvalue weighted by molar-refractivity contribution is 5.69. The summed E-state index contributed by atoms with van der Waals surface area (Å²) in [6.07, 6.45) is 14.9. The molecule has 3 fully saturated rings. The van der Waals surface area contributed by atoms with Crippen LogP contribution < -0.4 is 0 Å². The van der Waals surface area contributed by atoms with Crippen LogP contribution in [-0.2, 0) is 9.53 Å². The van der Waals surface area contributed by atoms with Gasteiger partial charge in [0.1, 0.15) is 0 Å².